The Hall–Kier alpha value is -2.86. The minimum atomic E-state index is -4.41. The van der Waals surface area contributed by atoms with Crippen LogP contribution < -0.4 is 10.2 Å². The van der Waals surface area contributed by atoms with Gasteiger partial charge in [-0.05, 0) is 43.5 Å². The number of nitrogens with zero attached hydrogens (tertiary/aromatic N) is 3. The molecular weight excluding hydrogens is 433 g/mol. The molecule has 2 atom stereocenters. The van der Waals surface area contributed by atoms with Gasteiger partial charge in [-0.2, -0.15) is 18.4 Å². The smallest absolute Gasteiger partial charge is 0.389 e. The number of carbonyl (C=O) groups is 1. The zero-order valence-corrected chi connectivity index (χ0v) is 18.2. The van der Waals surface area contributed by atoms with Gasteiger partial charge in [-0.1, -0.05) is 19.3 Å². The first-order valence-electron chi connectivity index (χ1n) is 11.3. The Morgan fingerprint density at radius 2 is 2.00 bits per heavy atom. The van der Waals surface area contributed by atoms with Crippen molar-refractivity contribution in [3.05, 3.63) is 36.0 Å². The molecule has 4 rings (SSSR count). The van der Waals surface area contributed by atoms with Gasteiger partial charge in [0.15, 0.2) is 0 Å². The molecule has 1 aromatic heterocycles. The number of piperidine rings is 1. The SMILES string of the molecule is N#Cc1ccc(N2CC(NC(=O)CC3(O)CCCCC3)CC(C(F)(F)F)C2)c2cccnc12. The first-order chi connectivity index (χ1) is 15.7. The minimum absolute atomic E-state index is 0.0934. The second-order valence-corrected chi connectivity index (χ2v) is 9.25. The van der Waals surface area contributed by atoms with Gasteiger partial charge in [0.25, 0.3) is 0 Å². The lowest BCUT2D eigenvalue weighted by Crippen LogP contribution is -2.54. The standard InChI is InChI=1S/C24H27F3N4O2/c25-24(26,27)17-11-18(30-21(32)12-23(33)8-2-1-3-9-23)15-31(14-17)20-7-6-16(13-28)22-19(20)5-4-10-29-22/h4-7,10,17-18,33H,1-3,8-9,11-12,14-15H2,(H,30,32). The number of nitriles is 1. The molecule has 0 spiro atoms. The van der Waals surface area contributed by atoms with Gasteiger partial charge in [-0.15, -0.1) is 0 Å². The van der Waals surface area contributed by atoms with Crippen molar-refractivity contribution >= 4 is 22.5 Å². The van der Waals surface area contributed by atoms with Crippen LogP contribution in [0, 0.1) is 17.2 Å². The van der Waals surface area contributed by atoms with Crippen molar-refractivity contribution in [2.24, 2.45) is 5.92 Å². The zero-order chi connectivity index (χ0) is 23.6. The van der Waals surface area contributed by atoms with Crippen LogP contribution in [0.4, 0.5) is 18.9 Å². The summed E-state index contributed by atoms with van der Waals surface area (Å²) in [6.07, 6.45) is 0.598. The number of alkyl halides is 3. The van der Waals surface area contributed by atoms with Gasteiger partial charge >= 0.3 is 6.18 Å². The fraction of sp³-hybridized carbons (Fsp3) is 0.542. The number of anilines is 1. The molecule has 33 heavy (non-hydrogen) atoms. The van der Waals surface area contributed by atoms with Crippen molar-refractivity contribution in [2.75, 3.05) is 18.0 Å². The number of hydrogen-bond acceptors (Lipinski definition) is 5. The summed E-state index contributed by atoms with van der Waals surface area (Å²) in [6, 6.07) is 7.98. The third-order valence-electron chi connectivity index (χ3n) is 6.76. The van der Waals surface area contributed by atoms with E-state index in [1.165, 1.54) is 0 Å². The molecule has 0 bridgehead atoms. The highest BCUT2D eigenvalue weighted by molar-refractivity contribution is 5.95. The van der Waals surface area contributed by atoms with Crippen LogP contribution in [0.3, 0.4) is 0 Å². The van der Waals surface area contributed by atoms with Gasteiger partial charge in [0.05, 0.1) is 29.0 Å². The number of rotatable bonds is 4. The molecule has 9 heteroatoms. The molecule has 1 saturated heterocycles. The number of amides is 1. The average Bonchev–Trinajstić information content (AvgIpc) is 2.77. The van der Waals surface area contributed by atoms with Crippen LogP contribution >= 0.6 is 0 Å². The number of hydrogen-bond donors (Lipinski definition) is 2. The van der Waals surface area contributed by atoms with Gasteiger partial charge < -0.3 is 15.3 Å². The van der Waals surface area contributed by atoms with Crippen molar-refractivity contribution < 1.29 is 23.1 Å². The van der Waals surface area contributed by atoms with Crippen molar-refractivity contribution in [1.82, 2.24) is 10.3 Å². The molecule has 1 aliphatic heterocycles. The highest BCUT2D eigenvalue weighted by atomic mass is 19.4. The van der Waals surface area contributed by atoms with Crippen LogP contribution in [0.15, 0.2) is 30.5 Å². The number of aliphatic hydroxyl groups is 1. The van der Waals surface area contributed by atoms with Crippen molar-refractivity contribution in [3.63, 3.8) is 0 Å². The summed E-state index contributed by atoms with van der Waals surface area (Å²) in [4.78, 5) is 18.5. The molecule has 1 amide bonds. The normalized spacial score (nSPS) is 23.2. The summed E-state index contributed by atoms with van der Waals surface area (Å²) in [5.74, 6) is -2.03. The van der Waals surface area contributed by atoms with Gasteiger partial charge in [0.2, 0.25) is 5.91 Å². The second kappa shape index (κ2) is 9.18. The fourth-order valence-electron chi connectivity index (χ4n) is 5.13. The van der Waals surface area contributed by atoms with Crippen LogP contribution in [-0.2, 0) is 4.79 Å². The molecule has 2 fully saturated rings. The van der Waals surface area contributed by atoms with E-state index in [-0.39, 0.29) is 25.9 Å². The summed E-state index contributed by atoms with van der Waals surface area (Å²) in [6.45, 7) is -0.0393. The summed E-state index contributed by atoms with van der Waals surface area (Å²) in [5.41, 5.74) is 0.266. The van der Waals surface area contributed by atoms with E-state index in [4.69, 9.17) is 0 Å². The Kier molecular flexibility index (Phi) is 6.48. The molecule has 0 radical (unpaired) electrons. The largest absolute Gasteiger partial charge is 0.393 e. The lowest BCUT2D eigenvalue weighted by molar-refractivity contribution is -0.178. The molecule has 2 aliphatic rings. The lowest BCUT2D eigenvalue weighted by atomic mass is 9.82. The van der Waals surface area contributed by atoms with Crippen LogP contribution in [0.2, 0.25) is 0 Å². The molecule has 176 valence electrons. The number of benzene rings is 1. The summed E-state index contributed by atoms with van der Waals surface area (Å²) in [7, 11) is 0. The quantitative estimate of drug-likeness (QED) is 0.718. The van der Waals surface area contributed by atoms with E-state index in [9.17, 15) is 28.3 Å². The molecule has 2 unspecified atom stereocenters. The first kappa shape index (κ1) is 23.3. The molecular formula is C24H27F3N4O2. The molecule has 2 aromatic rings. The van der Waals surface area contributed by atoms with Gasteiger partial charge in [0, 0.05) is 36.4 Å². The van der Waals surface area contributed by atoms with Crippen LogP contribution in [0.1, 0.15) is 50.5 Å². The molecule has 2 heterocycles. The van der Waals surface area contributed by atoms with Crippen molar-refractivity contribution in [2.45, 2.75) is 62.8 Å². The average molecular weight is 461 g/mol. The molecule has 6 nitrogen and oxygen atoms in total. The number of pyridine rings is 1. The predicted octanol–water partition coefficient (Wildman–Crippen LogP) is 4.07. The Bertz CT molecular complexity index is 1060. The van der Waals surface area contributed by atoms with E-state index in [0.717, 1.165) is 19.3 Å². The third-order valence-corrected chi connectivity index (χ3v) is 6.76. The predicted molar refractivity (Wildman–Crippen MR) is 117 cm³/mol. The van der Waals surface area contributed by atoms with Gasteiger partial charge in [-0.25, -0.2) is 0 Å². The Balaban J connectivity index is 1.58. The van der Waals surface area contributed by atoms with E-state index in [1.54, 1.807) is 35.4 Å². The van der Waals surface area contributed by atoms with E-state index >= 15 is 0 Å². The number of nitrogens with one attached hydrogen (secondary N) is 1. The number of fused-ring (bicyclic) bond motifs is 1. The maximum Gasteiger partial charge on any atom is 0.393 e. The van der Waals surface area contributed by atoms with Crippen LogP contribution in [0.5, 0.6) is 0 Å². The zero-order valence-electron chi connectivity index (χ0n) is 18.2. The fourth-order valence-corrected chi connectivity index (χ4v) is 5.13. The maximum atomic E-state index is 13.8. The summed E-state index contributed by atoms with van der Waals surface area (Å²) < 4.78 is 41.3. The number of carbonyl (C=O) groups excluding carboxylic acids is 1. The Labute approximate surface area is 190 Å². The minimum Gasteiger partial charge on any atom is -0.389 e. The number of aromatic nitrogens is 1. The topological polar surface area (TPSA) is 89.2 Å². The molecule has 2 N–H and O–H groups in total. The van der Waals surface area contributed by atoms with E-state index in [2.05, 4.69) is 16.4 Å². The van der Waals surface area contributed by atoms with Gasteiger partial charge in [-0.3, -0.25) is 9.78 Å². The van der Waals surface area contributed by atoms with Crippen LogP contribution in [-0.4, -0.2) is 46.9 Å². The summed E-state index contributed by atoms with van der Waals surface area (Å²) in [5, 5.41) is 23.4. The Morgan fingerprint density at radius 3 is 2.70 bits per heavy atom. The van der Waals surface area contributed by atoms with Crippen LogP contribution in [0.25, 0.3) is 10.9 Å². The molecule has 1 saturated carbocycles. The van der Waals surface area contributed by atoms with E-state index in [1.807, 2.05) is 0 Å². The number of halogens is 3. The second-order valence-electron chi connectivity index (χ2n) is 9.25. The van der Waals surface area contributed by atoms with Crippen molar-refractivity contribution in [3.8, 4) is 6.07 Å². The van der Waals surface area contributed by atoms with E-state index in [0.29, 0.717) is 35.0 Å². The third kappa shape index (κ3) is 5.22. The van der Waals surface area contributed by atoms with Gasteiger partial charge in [0.1, 0.15) is 6.07 Å². The molecule has 1 aromatic carbocycles. The summed E-state index contributed by atoms with van der Waals surface area (Å²) >= 11 is 0. The van der Waals surface area contributed by atoms with E-state index < -0.39 is 29.6 Å². The molecule has 1 aliphatic carbocycles. The monoisotopic (exact) mass is 460 g/mol. The highest BCUT2D eigenvalue weighted by Crippen LogP contribution is 2.37. The lowest BCUT2D eigenvalue weighted by Gasteiger charge is -2.41. The Morgan fingerprint density at radius 1 is 1.24 bits per heavy atom. The first-order valence-corrected chi connectivity index (χ1v) is 11.3. The maximum absolute atomic E-state index is 13.8. The van der Waals surface area contributed by atoms with Crippen molar-refractivity contribution in [1.29, 1.82) is 5.26 Å². The highest BCUT2D eigenvalue weighted by Gasteiger charge is 2.45.